The van der Waals surface area contributed by atoms with E-state index in [-0.39, 0.29) is 5.82 Å². The predicted molar refractivity (Wildman–Crippen MR) is 147 cm³/mol. The van der Waals surface area contributed by atoms with Gasteiger partial charge in [-0.25, -0.2) is 9.07 Å². The van der Waals surface area contributed by atoms with Gasteiger partial charge in [0.05, 0.1) is 39.5 Å². The summed E-state index contributed by atoms with van der Waals surface area (Å²) >= 11 is 6.78. The van der Waals surface area contributed by atoms with Crippen molar-refractivity contribution in [1.29, 1.82) is 5.26 Å². The van der Waals surface area contributed by atoms with Crippen LogP contribution in [0.15, 0.2) is 48.8 Å². The second-order valence-electron chi connectivity index (χ2n) is 11.1. The van der Waals surface area contributed by atoms with Crippen molar-refractivity contribution in [2.75, 3.05) is 10.6 Å². The summed E-state index contributed by atoms with van der Waals surface area (Å²) < 4.78 is 15.8. The number of benzene rings is 2. The highest BCUT2D eigenvalue weighted by atomic mass is 35.5. The topological polar surface area (TPSA) is 91.5 Å². The molecule has 0 bridgehead atoms. The van der Waals surface area contributed by atoms with Crippen LogP contribution in [0.2, 0.25) is 5.02 Å². The minimum Gasteiger partial charge on any atom is -0.380 e. The molecular weight excluding hydrogens is 500 g/mol. The number of anilines is 2. The summed E-state index contributed by atoms with van der Waals surface area (Å²) in [5, 5.41) is 27.4. The molecule has 3 fully saturated rings. The number of fused-ring (bicyclic) bond motifs is 2. The minimum atomic E-state index is -0.821. The monoisotopic (exact) mass is 525 g/mol. The number of hydrogen-bond donors (Lipinski definition) is 2. The molecule has 7 nitrogen and oxygen atoms in total. The van der Waals surface area contributed by atoms with Gasteiger partial charge in [0.25, 0.3) is 0 Å². The molecule has 7 rings (SSSR count). The largest absolute Gasteiger partial charge is 0.380 e. The first kappa shape index (κ1) is 23.5. The molecule has 4 aromatic rings. The van der Waals surface area contributed by atoms with E-state index in [1.165, 1.54) is 25.0 Å². The van der Waals surface area contributed by atoms with Gasteiger partial charge in [0.1, 0.15) is 25.4 Å². The van der Waals surface area contributed by atoms with Crippen molar-refractivity contribution in [3.05, 3.63) is 76.5 Å². The first-order valence-electron chi connectivity index (χ1n) is 13.2. The molecule has 3 aliphatic rings. The number of nitrogens with zero attached hydrogens (tertiary/aromatic N) is 5. The van der Waals surface area contributed by atoms with E-state index in [1.807, 2.05) is 30.9 Å². The van der Waals surface area contributed by atoms with Crippen LogP contribution in [0, 0.1) is 29.0 Å². The fourth-order valence-corrected chi connectivity index (χ4v) is 6.29. The van der Waals surface area contributed by atoms with Gasteiger partial charge in [-0.1, -0.05) is 28.9 Å². The summed E-state index contributed by atoms with van der Waals surface area (Å²) in [6, 6.07) is 13.3. The van der Waals surface area contributed by atoms with Crippen LogP contribution in [0.3, 0.4) is 0 Å². The molecular formula is C28H26BClFN7. The Morgan fingerprint density at radius 2 is 1.97 bits per heavy atom. The van der Waals surface area contributed by atoms with Crippen LogP contribution >= 0.6 is 11.6 Å². The second kappa shape index (κ2) is 8.70. The average Bonchev–Trinajstić information content (AvgIpc) is 3.83. The van der Waals surface area contributed by atoms with Crippen LogP contribution in [0.25, 0.3) is 10.9 Å². The smallest absolute Gasteiger partial charge is 0.148 e. The molecule has 10 heteroatoms. The molecule has 4 unspecified atom stereocenters. The Morgan fingerprint density at radius 3 is 2.66 bits per heavy atom. The molecule has 2 aromatic heterocycles. The first-order valence-corrected chi connectivity index (χ1v) is 13.6. The molecule has 3 aliphatic carbocycles. The molecule has 2 heterocycles. The van der Waals surface area contributed by atoms with Crippen molar-refractivity contribution in [1.82, 2.24) is 20.0 Å². The Hall–Kier alpha value is -3.64. The fourth-order valence-electron chi connectivity index (χ4n) is 6.02. The highest BCUT2D eigenvalue weighted by Crippen LogP contribution is 2.53. The van der Waals surface area contributed by atoms with Gasteiger partial charge in [-0.3, -0.25) is 4.98 Å². The highest BCUT2D eigenvalue weighted by Gasteiger charge is 2.48. The van der Waals surface area contributed by atoms with Gasteiger partial charge >= 0.3 is 0 Å². The van der Waals surface area contributed by atoms with Crippen molar-refractivity contribution >= 4 is 41.7 Å². The molecule has 4 atom stereocenters. The molecule has 190 valence electrons. The summed E-state index contributed by atoms with van der Waals surface area (Å²) in [4.78, 5) is 4.52. The van der Waals surface area contributed by atoms with Crippen LogP contribution in [-0.4, -0.2) is 33.9 Å². The Kier molecular flexibility index (Phi) is 5.38. The zero-order valence-electron chi connectivity index (χ0n) is 21.0. The molecule has 0 aliphatic heterocycles. The van der Waals surface area contributed by atoms with E-state index in [0.29, 0.717) is 34.1 Å². The number of halogens is 2. The van der Waals surface area contributed by atoms with E-state index >= 15 is 0 Å². The zero-order valence-corrected chi connectivity index (χ0v) is 21.7. The van der Waals surface area contributed by atoms with Crippen LogP contribution in [0.5, 0.6) is 0 Å². The van der Waals surface area contributed by atoms with Crippen LogP contribution < -0.4 is 10.6 Å². The van der Waals surface area contributed by atoms with Gasteiger partial charge in [-0.05, 0) is 73.8 Å². The quantitative estimate of drug-likeness (QED) is 0.331. The summed E-state index contributed by atoms with van der Waals surface area (Å²) in [7, 11) is 2.01. The summed E-state index contributed by atoms with van der Waals surface area (Å²) in [6.07, 6.45) is 9.35. The number of rotatable bonds is 7. The van der Waals surface area contributed by atoms with Gasteiger partial charge in [0, 0.05) is 23.3 Å². The van der Waals surface area contributed by atoms with Crippen LogP contribution in [0.4, 0.5) is 15.8 Å². The standard InChI is InChI=1S/C28H26BClFN7/c29-28(17-2-4-18(31)5-3-17,25-14-38(37-36-25)20-6-7-20)35-19-10-22-26(34-24-8-1-15-9-21(15)24)16(12-32)13-33-27(22)23(30)11-19/h2-5,10-11,13-15,20-21,24,35H,1,6-9,29H2,(H,33,34). The lowest BCUT2D eigenvalue weighted by Gasteiger charge is -2.31. The molecule has 38 heavy (non-hydrogen) atoms. The van der Waals surface area contributed by atoms with Gasteiger partial charge in [-0.15, -0.1) is 5.10 Å². The van der Waals surface area contributed by atoms with Crippen molar-refractivity contribution in [3.63, 3.8) is 0 Å². The summed E-state index contributed by atoms with van der Waals surface area (Å²) in [6.45, 7) is 0. The number of aromatic nitrogens is 4. The molecule has 3 saturated carbocycles. The number of nitrogens with one attached hydrogen (secondary N) is 2. The van der Waals surface area contributed by atoms with Crippen molar-refractivity contribution < 1.29 is 4.39 Å². The van der Waals surface area contributed by atoms with E-state index in [2.05, 4.69) is 32.0 Å². The molecule has 0 amide bonds. The van der Waals surface area contributed by atoms with E-state index in [9.17, 15) is 9.65 Å². The number of hydrogen-bond acceptors (Lipinski definition) is 6. The Balaban J connectivity index is 1.32. The lowest BCUT2D eigenvalue weighted by molar-refractivity contribution is 0.610. The average molecular weight is 526 g/mol. The molecule has 0 radical (unpaired) electrons. The maximum atomic E-state index is 13.9. The molecule has 0 spiro atoms. The van der Waals surface area contributed by atoms with Crippen LogP contribution in [-0.2, 0) is 5.44 Å². The number of pyridine rings is 1. The minimum absolute atomic E-state index is 0.304. The van der Waals surface area contributed by atoms with E-state index in [1.54, 1.807) is 18.3 Å². The maximum absolute atomic E-state index is 13.9. The third-order valence-corrected chi connectivity index (χ3v) is 8.77. The van der Waals surface area contributed by atoms with E-state index < -0.39 is 5.44 Å². The maximum Gasteiger partial charge on any atom is 0.148 e. The van der Waals surface area contributed by atoms with Gasteiger partial charge in [0.15, 0.2) is 0 Å². The molecule has 2 N–H and O–H groups in total. The lowest BCUT2D eigenvalue weighted by Crippen LogP contribution is -2.37. The normalized spacial score (nSPS) is 23.4. The third kappa shape index (κ3) is 3.99. The highest BCUT2D eigenvalue weighted by molar-refractivity contribution is 6.36. The molecule has 2 aromatic carbocycles. The predicted octanol–water partition coefficient (Wildman–Crippen LogP) is 4.98. The second-order valence-corrected chi connectivity index (χ2v) is 11.5. The Labute approximate surface area is 225 Å². The van der Waals surface area contributed by atoms with Crippen LogP contribution in [0.1, 0.15) is 55.0 Å². The van der Waals surface area contributed by atoms with Crippen molar-refractivity contribution in [2.45, 2.75) is 49.6 Å². The molecule has 0 saturated heterocycles. The fraction of sp³-hybridized carbons (Fsp3) is 0.357. The van der Waals surface area contributed by atoms with Gasteiger partial charge in [0.2, 0.25) is 0 Å². The first-order chi connectivity index (χ1) is 18.4. The number of nitriles is 1. The Morgan fingerprint density at radius 1 is 1.16 bits per heavy atom. The third-order valence-electron chi connectivity index (χ3n) is 8.48. The SMILES string of the molecule is BC(Nc1cc(Cl)c2ncc(C#N)c(NC3CCC4CC43)c2c1)(c1ccc(F)cc1)c1cn(C2CC2)nn1. The zero-order chi connectivity index (χ0) is 26.0. The lowest BCUT2D eigenvalue weighted by atomic mass is 9.69. The summed E-state index contributed by atoms with van der Waals surface area (Å²) in [5.41, 5.74) is 3.41. The van der Waals surface area contributed by atoms with Gasteiger partial charge < -0.3 is 10.6 Å². The van der Waals surface area contributed by atoms with E-state index in [0.717, 1.165) is 53.2 Å². The Bertz CT molecular complexity index is 1600. The van der Waals surface area contributed by atoms with Gasteiger partial charge in [-0.2, -0.15) is 5.26 Å². The van der Waals surface area contributed by atoms with E-state index in [4.69, 9.17) is 11.6 Å². The van der Waals surface area contributed by atoms with Crippen molar-refractivity contribution in [2.24, 2.45) is 11.8 Å². The summed E-state index contributed by atoms with van der Waals surface area (Å²) in [5.74, 6) is 1.19. The van der Waals surface area contributed by atoms with Crippen molar-refractivity contribution in [3.8, 4) is 6.07 Å².